The van der Waals surface area contributed by atoms with Crippen LogP contribution in [0.4, 0.5) is 0 Å². The molecule has 32 heavy (non-hydrogen) atoms. The summed E-state index contributed by atoms with van der Waals surface area (Å²) < 4.78 is 16.8. The van der Waals surface area contributed by atoms with Crippen molar-refractivity contribution in [3.63, 3.8) is 0 Å². The maximum atomic E-state index is 12.2. The van der Waals surface area contributed by atoms with Crippen LogP contribution in [0.25, 0.3) is 11.3 Å². The smallest absolute Gasteiger partial charge is 0.220 e. The van der Waals surface area contributed by atoms with E-state index in [2.05, 4.69) is 10.3 Å². The van der Waals surface area contributed by atoms with Gasteiger partial charge in [-0.25, -0.2) is 4.98 Å². The van der Waals surface area contributed by atoms with Gasteiger partial charge in [0.05, 0.1) is 7.11 Å². The summed E-state index contributed by atoms with van der Waals surface area (Å²) in [5.41, 5.74) is 1.91. The third kappa shape index (κ3) is 5.76. The number of nitrogens with zero attached hydrogens (tertiary/aromatic N) is 1. The zero-order chi connectivity index (χ0) is 22.2. The van der Waals surface area contributed by atoms with Crippen LogP contribution in [-0.2, 0) is 17.8 Å². The number of hydrogen-bond acceptors (Lipinski definition) is 5. The van der Waals surface area contributed by atoms with Gasteiger partial charge in [-0.1, -0.05) is 42.5 Å². The molecule has 0 saturated carbocycles. The predicted molar refractivity (Wildman–Crippen MR) is 122 cm³/mol. The number of nitrogens with one attached hydrogen (secondary N) is 1. The number of aromatic nitrogens is 1. The van der Waals surface area contributed by atoms with Crippen molar-refractivity contribution in [3.05, 3.63) is 96.4 Å². The minimum absolute atomic E-state index is 0.0423. The monoisotopic (exact) mass is 428 g/mol. The van der Waals surface area contributed by atoms with E-state index in [1.54, 1.807) is 25.4 Å². The SMILES string of the molecule is COc1cccc(Oc2ccc(CNC(=O)CCc3ccc(-c4ccccc4)o3)cn2)c1. The summed E-state index contributed by atoms with van der Waals surface area (Å²) in [4.78, 5) is 16.5. The van der Waals surface area contributed by atoms with E-state index in [0.29, 0.717) is 36.8 Å². The Morgan fingerprint density at radius 2 is 1.81 bits per heavy atom. The van der Waals surface area contributed by atoms with Crippen LogP contribution in [0, 0.1) is 0 Å². The summed E-state index contributed by atoms with van der Waals surface area (Å²) in [6.07, 6.45) is 2.59. The molecule has 4 aromatic rings. The predicted octanol–water partition coefficient (Wildman–Crippen LogP) is 5.39. The molecular formula is C26H24N2O4. The van der Waals surface area contributed by atoms with E-state index in [1.807, 2.05) is 66.7 Å². The molecule has 0 aliphatic heterocycles. The number of ether oxygens (including phenoxy) is 2. The quantitative estimate of drug-likeness (QED) is 0.387. The highest BCUT2D eigenvalue weighted by Crippen LogP contribution is 2.24. The van der Waals surface area contributed by atoms with Crippen molar-refractivity contribution >= 4 is 5.91 Å². The number of rotatable bonds is 9. The van der Waals surface area contributed by atoms with Gasteiger partial charge in [-0.3, -0.25) is 4.79 Å². The highest BCUT2D eigenvalue weighted by Gasteiger charge is 2.08. The first kappa shape index (κ1) is 21.2. The van der Waals surface area contributed by atoms with Crippen molar-refractivity contribution < 1.29 is 18.7 Å². The second-order valence-electron chi connectivity index (χ2n) is 7.19. The Labute approximate surface area is 186 Å². The lowest BCUT2D eigenvalue weighted by molar-refractivity contribution is -0.121. The number of furan rings is 1. The third-order valence-electron chi connectivity index (χ3n) is 4.87. The molecule has 0 fully saturated rings. The molecule has 0 bridgehead atoms. The topological polar surface area (TPSA) is 73.6 Å². The van der Waals surface area contributed by atoms with Crippen molar-refractivity contribution in [1.82, 2.24) is 10.3 Å². The third-order valence-corrected chi connectivity index (χ3v) is 4.87. The lowest BCUT2D eigenvalue weighted by Crippen LogP contribution is -2.23. The van der Waals surface area contributed by atoms with Crippen LogP contribution in [0.3, 0.4) is 0 Å². The van der Waals surface area contributed by atoms with E-state index >= 15 is 0 Å². The van der Waals surface area contributed by atoms with Crippen molar-refractivity contribution in [2.24, 2.45) is 0 Å². The molecule has 6 nitrogen and oxygen atoms in total. The Balaban J connectivity index is 1.23. The number of amides is 1. The Morgan fingerprint density at radius 1 is 0.969 bits per heavy atom. The molecule has 0 radical (unpaired) electrons. The molecule has 0 aliphatic rings. The van der Waals surface area contributed by atoms with Gasteiger partial charge >= 0.3 is 0 Å². The van der Waals surface area contributed by atoms with Gasteiger partial charge in [0.2, 0.25) is 11.8 Å². The largest absolute Gasteiger partial charge is 0.497 e. The first-order valence-corrected chi connectivity index (χ1v) is 10.4. The molecule has 0 unspecified atom stereocenters. The molecule has 2 aromatic heterocycles. The maximum absolute atomic E-state index is 12.2. The van der Waals surface area contributed by atoms with Crippen LogP contribution in [0.2, 0.25) is 0 Å². The Kier molecular flexibility index (Phi) is 6.82. The summed E-state index contributed by atoms with van der Waals surface area (Å²) in [7, 11) is 1.61. The molecule has 0 atom stereocenters. The van der Waals surface area contributed by atoms with Crippen molar-refractivity contribution in [2.45, 2.75) is 19.4 Å². The van der Waals surface area contributed by atoms with Crippen LogP contribution in [0.15, 0.2) is 89.5 Å². The lowest BCUT2D eigenvalue weighted by atomic mass is 10.2. The standard InChI is InChI=1S/C26H24N2O4/c1-30-22-8-5-9-23(16-22)32-26-15-10-19(18-28-26)17-27-25(29)14-12-21-11-13-24(31-21)20-6-3-2-4-7-20/h2-11,13,15-16,18H,12,14,17H2,1H3,(H,27,29). The minimum atomic E-state index is -0.0423. The Bertz CT molecular complexity index is 1150. The van der Waals surface area contributed by atoms with Gasteiger partial charge < -0.3 is 19.2 Å². The number of carbonyl (C=O) groups excluding carboxylic acids is 1. The van der Waals surface area contributed by atoms with Gasteiger partial charge in [0.15, 0.2) is 0 Å². The fraction of sp³-hybridized carbons (Fsp3) is 0.154. The Morgan fingerprint density at radius 3 is 2.59 bits per heavy atom. The average molecular weight is 428 g/mol. The second kappa shape index (κ2) is 10.3. The normalized spacial score (nSPS) is 10.5. The molecule has 0 spiro atoms. The number of carbonyl (C=O) groups is 1. The fourth-order valence-electron chi connectivity index (χ4n) is 3.16. The van der Waals surface area contributed by atoms with Crippen molar-refractivity contribution in [2.75, 3.05) is 7.11 Å². The highest BCUT2D eigenvalue weighted by atomic mass is 16.5. The van der Waals surface area contributed by atoms with Crippen LogP contribution in [0.5, 0.6) is 17.4 Å². The second-order valence-corrected chi connectivity index (χ2v) is 7.19. The van der Waals surface area contributed by atoms with E-state index in [1.165, 1.54) is 0 Å². The van der Waals surface area contributed by atoms with Crippen LogP contribution < -0.4 is 14.8 Å². The molecule has 0 saturated heterocycles. The lowest BCUT2D eigenvalue weighted by Gasteiger charge is -2.08. The average Bonchev–Trinajstić information content (AvgIpc) is 3.32. The zero-order valence-electron chi connectivity index (χ0n) is 17.8. The zero-order valence-corrected chi connectivity index (χ0v) is 17.8. The summed E-state index contributed by atoms with van der Waals surface area (Å²) in [6.45, 7) is 0.401. The summed E-state index contributed by atoms with van der Waals surface area (Å²) in [5.74, 6) is 3.39. The first-order valence-electron chi connectivity index (χ1n) is 10.4. The maximum Gasteiger partial charge on any atom is 0.220 e. The summed E-state index contributed by atoms with van der Waals surface area (Å²) in [6, 6.07) is 24.7. The van der Waals surface area contributed by atoms with Crippen molar-refractivity contribution in [3.8, 4) is 28.7 Å². The number of hydrogen-bond donors (Lipinski definition) is 1. The van der Waals surface area contributed by atoms with E-state index < -0.39 is 0 Å². The highest BCUT2D eigenvalue weighted by molar-refractivity contribution is 5.76. The minimum Gasteiger partial charge on any atom is -0.497 e. The molecule has 162 valence electrons. The first-order chi connectivity index (χ1) is 15.7. The van der Waals surface area contributed by atoms with Gasteiger partial charge in [0.1, 0.15) is 23.0 Å². The number of benzene rings is 2. The summed E-state index contributed by atoms with van der Waals surface area (Å²) in [5, 5.41) is 2.91. The molecule has 1 amide bonds. The van der Waals surface area contributed by atoms with Gasteiger partial charge in [-0.05, 0) is 29.8 Å². The van der Waals surface area contributed by atoms with Crippen LogP contribution in [-0.4, -0.2) is 18.0 Å². The number of pyridine rings is 1. The number of aryl methyl sites for hydroxylation is 1. The molecular weight excluding hydrogens is 404 g/mol. The molecule has 0 aliphatic carbocycles. The van der Waals surface area contributed by atoms with Crippen LogP contribution >= 0.6 is 0 Å². The molecule has 6 heteroatoms. The van der Waals surface area contributed by atoms with Gasteiger partial charge in [-0.2, -0.15) is 0 Å². The van der Waals surface area contributed by atoms with Gasteiger partial charge in [-0.15, -0.1) is 0 Å². The number of methoxy groups -OCH3 is 1. The van der Waals surface area contributed by atoms with E-state index in [-0.39, 0.29) is 5.91 Å². The van der Waals surface area contributed by atoms with Gasteiger partial charge in [0, 0.05) is 43.3 Å². The van der Waals surface area contributed by atoms with E-state index in [0.717, 1.165) is 22.6 Å². The van der Waals surface area contributed by atoms with Crippen molar-refractivity contribution in [1.29, 1.82) is 0 Å². The molecule has 2 aromatic carbocycles. The summed E-state index contributed by atoms with van der Waals surface area (Å²) >= 11 is 0. The van der Waals surface area contributed by atoms with E-state index in [9.17, 15) is 4.79 Å². The molecule has 1 N–H and O–H groups in total. The fourth-order valence-corrected chi connectivity index (χ4v) is 3.16. The molecule has 2 heterocycles. The molecule has 4 rings (SSSR count). The van der Waals surface area contributed by atoms with Gasteiger partial charge in [0.25, 0.3) is 0 Å². The Hall–Kier alpha value is -4.06. The van der Waals surface area contributed by atoms with Crippen LogP contribution in [0.1, 0.15) is 17.7 Å². The van der Waals surface area contributed by atoms with E-state index in [4.69, 9.17) is 13.9 Å².